The number of fused-ring (bicyclic) bond motifs is 1. The van der Waals surface area contributed by atoms with Crippen molar-refractivity contribution in [1.29, 1.82) is 0 Å². The van der Waals surface area contributed by atoms with Crippen molar-refractivity contribution in [1.82, 2.24) is 4.98 Å². The predicted molar refractivity (Wildman–Crippen MR) is 67.5 cm³/mol. The monoisotopic (exact) mass is 263 g/mol. The molecule has 0 fully saturated rings. The van der Waals surface area contributed by atoms with Crippen LogP contribution in [0.2, 0.25) is 5.02 Å². The van der Waals surface area contributed by atoms with Crippen LogP contribution in [-0.2, 0) is 6.42 Å². The van der Waals surface area contributed by atoms with Crippen LogP contribution in [0.1, 0.15) is 29.2 Å². The number of hydrogen-bond donors (Lipinski definition) is 1. The summed E-state index contributed by atoms with van der Waals surface area (Å²) in [4.78, 5) is 4.36. The molecule has 0 bridgehead atoms. The van der Waals surface area contributed by atoms with Crippen molar-refractivity contribution in [2.75, 3.05) is 0 Å². The SMILES string of the molecule is Oc1cc(F)c(Cl)cc1C1CCc2cccnc21. The third kappa shape index (κ3) is 1.75. The van der Waals surface area contributed by atoms with Crippen molar-refractivity contribution < 1.29 is 9.50 Å². The second-order valence-corrected chi connectivity index (χ2v) is 4.87. The van der Waals surface area contributed by atoms with E-state index in [1.807, 2.05) is 12.1 Å². The summed E-state index contributed by atoms with van der Waals surface area (Å²) in [7, 11) is 0. The van der Waals surface area contributed by atoms with Crippen molar-refractivity contribution in [3.8, 4) is 5.75 Å². The third-order valence-corrected chi connectivity index (χ3v) is 3.69. The number of pyridine rings is 1. The summed E-state index contributed by atoms with van der Waals surface area (Å²) in [5.41, 5.74) is 2.79. The summed E-state index contributed by atoms with van der Waals surface area (Å²) in [6.45, 7) is 0. The predicted octanol–water partition coefficient (Wildman–Crippen LogP) is 3.66. The average Bonchev–Trinajstić information content (AvgIpc) is 2.78. The maximum absolute atomic E-state index is 13.2. The fourth-order valence-corrected chi connectivity index (χ4v) is 2.72. The van der Waals surface area contributed by atoms with Gasteiger partial charge in [0.15, 0.2) is 0 Å². The zero-order chi connectivity index (χ0) is 12.7. The molecule has 3 rings (SSSR count). The molecule has 1 aromatic carbocycles. The van der Waals surface area contributed by atoms with Gasteiger partial charge in [0.2, 0.25) is 0 Å². The Hall–Kier alpha value is -1.61. The molecule has 1 aromatic heterocycles. The number of nitrogens with zero attached hydrogens (tertiary/aromatic N) is 1. The van der Waals surface area contributed by atoms with E-state index in [1.54, 1.807) is 6.20 Å². The van der Waals surface area contributed by atoms with E-state index in [-0.39, 0.29) is 16.7 Å². The van der Waals surface area contributed by atoms with Gasteiger partial charge in [-0.15, -0.1) is 0 Å². The zero-order valence-electron chi connectivity index (χ0n) is 9.53. The van der Waals surface area contributed by atoms with E-state index < -0.39 is 5.82 Å². The Kier molecular flexibility index (Phi) is 2.71. The molecule has 0 radical (unpaired) electrons. The number of rotatable bonds is 1. The van der Waals surface area contributed by atoms with Crippen LogP contribution < -0.4 is 0 Å². The molecule has 2 aromatic rings. The lowest BCUT2D eigenvalue weighted by molar-refractivity contribution is 0.458. The minimum Gasteiger partial charge on any atom is -0.508 e. The van der Waals surface area contributed by atoms with E-state index >= 15 is 0 Å². The number of halogens is 2. The Balaban J connectivity index is 2.10. The van der Waals surface area contributed by atoms with E-state index in [2.05, 4.69) is 4.98 Å². The fraction of sp³-hybridized carbons (Fsp3) is 0.214. The minimum atomic E-state index is -0.600. The van der Waals surface area contributed by atoms with E-state index in [9.17, 15) is 9.50 Å². The summed E-state index contributed by atoms with van der Waals surface area (Å²) < 4.78 is 13.2. The molecular weight excluding hydrogens is 253 g/mol. The number of aryl methyl sites for hydroxylation is 1. The first kappa shape index (κ1) is 11.5. The van der Waals surface area contributed by atoms with Crippen LogP contribution in [0.3, 0.4) is 0 Å². The molecule has 1 atom stereocenters. The van der Waals surface area contributed by atoms with Crippen molar-refractivity contribution >= 4 is 11.6 Å². The fourth-order valence-electron chi connectivity index (χ4n) is 2.55. The van der Waals surface area contributed by atoms with Crippen molar-refractivity contribution in [2.45, 2.75) is 18.8 Å². The van der Waals surface area contributed by atoms with Crippen LogP contribution in [0.5, 0.6) is 5.75 Å². The Labute approximate surface area is 109 Å². The molecule has 0 saturated carbocycles. The molecule has 1 heterocycles. The first-order valence-corrected chi connectivity index (χ1v) is 6.16. The molecule has 1 unspecified atom stereocenters. The molecule has 92 valence electrons. The quantitative estimate of drug-likeness (QED) is 0.852. The molecule has 2 nitrogen and oxygen atoms in total. The van der Waals surface area contributed by atoms with Gasteiger partial charge in [-0.05, 0) is 30.5 Å². The molecular formula is C14H11ClFNO. The normalized spacial score (nSPS) is 17.8. The molecule has 1 aliphatic rings. The van der Waals surface area contributed by atoms with Crippen LogP contribution in [-0.4, -0.2) is 10.1 Å². The number of phenolic OH excluding ortho intramolecular Hbond substituents is 1. The Bertz CT molecular complexity index is 615. The number of benzene rings is 1. The summed E-state index contributed by atoms with van der Waals surface area (Å²) in [5, 5.41) is 9.91. The van der Waals surface area contributed by atoms with Gasteiger partial charge in [-0.1, -0.05) is 17.7 Å². The van der Waals surface area contributed by atoms with E-state index in [1.165, 1.54) is 11.6 Å². The van der Waals surface area contributed by atoms with Crippen LogP contribution in [0, 0.1) is 5.82 Å². The van der Waals surface area contributed by atoms with Crippen LogP contribution >= 0.6 is 11.6 Å². The maximum atomic E-state index is 13.2. The highest BCUT2D eigenvalue weighted by Crippen LogP contribution is 2.41. The van der Waals surface area contributed by atoms with Gasteiger partial charge < -0.3 is 5.11 Å². The summed E-state index contributed by atoms with van der Waals surface area (Å²) in [6, 6.07) is 6.50. The Morgan fingerprint density at radius 3 is 3.06 bits per heavy atom. The van der Waals surface area contributed by atoms with Gasteiger partial charge in [-0.2, -0.15) is 0 Å². The first-order valence-electron chi connectivity index (χ1n) is 5.78. The largest absolute Gasteiger partial charge is 0.508 e. The van der Waals surface area contributed by atoms with Crippen molar-refractivity contribution in [3.05, 3.63) is 58.1 Å². The number of aromatic nitrogens is 1. The molecule has 0 saturated heterocycles. The van der Waals surface area contributed by atoms with Crippen LogP contribution in [0.15, 0.2) is 30.5 Å². The molecule has 0 aliphatic heterocycles. The van der Waals surface area contributed by atoms with Gasteiger partial charge in [0.1, 0.15) is 11.6 Å². The summed E-state index contributed by atoms with van der Waals surface area (Å²) in [5.74, 6) is -0.656. The Morgan fingerprint density at radius 2 is 2.22 bits per heavy atom. The molecule has 0 spiro atoms. The number of phenols is 1. The highest BCUT2D eigenvalue weighted by atomic mass is 35.5. The summed E-state index contributed by atoms with van der Waals surface area (Å²) >= 11 is 5.78. The molecule has 18 heavy (non-hydrogen) atoms. The lowest BCUT2D eigenvalue weighted by atomic mass is 9.95. The lowest BCUT2D eigenvalue weighted by Gasteiger charge is -2.13. The van der Waals surface area contributed by atoms with Crippen LogP contribution in [0.25, 0.3) is 0 Å². The lowest BCUT2D eigenvalue weighted by Crippen LogP contribution is -2.00. The van der Waals surface area contributed by atoms with E-state index in [0.29, 0.717) is 5.56 Å². The van der Waals surface area contributed by atoms with Gasteiger partial charge >= 0.3 is 0 Å². The first-order chi connectivity index (χ1) is 8.66. The Morgan fingerprint density at radius 1 is 1.39 bits per heavy atom. The second-order valence-electron chi connectivity index (χ2n) is 4.46. The molecule has 4 heteroatoms. The smallest absolute Gasteiger partial charge is 0.145 e. The zero-order valence-corrected chi connectivity index (χ0v) is 10.3. The number of aromatic hydroxyl groups is 1. The van der Waals surface area contributed by atoms with E-state index in [0.717, 1.165) is 24.6 Å². The maximum Gasteiger partial charge on any atom is 0.145 e. The topological polar surface area (TPSA) is 33.1 Å². The average molecular weight is 264 g/mol. The highest BCUT2D eigenvalue weighted by Gasteiger charge is 2.27. The standard InChI is InChI=1S/C14H11ClFNO/c15-11-6-10(13(18)7-12(11)16)9-4-3-8-2-1-5-17-14(8)9/h1-2,5-7,9,18H,3-4H2. The minimum absolute atomic E-state index is 0.000648. The summed E-state index contributed by atoms with van der Waals surface area (Å²) in [6.07, 6.45) is 3.52. The molecule has 1 aliphatic carbocycles. The van der Waals surface area contributed by atoms with Gasteiger partial charge in [0.05, 0.1) is 10.7 Å². The number of hydrogen-bond acceptors (Lipinski definition) is 2. The van der Waals surface area contributed by atoms with E-state index in [4.69, 9.17) is 11.6 Å². The second kappa shape index (κ2) is 4.25. The van der Waals surface area contributed by atoms with Gasteiger partial charge in [0, 0.05) is 23.7 Å². The van der Waals surface area contributed by atoms with Crippen molar-refractivity contribution in [3.63, 3.8) is 0 Å². The van der Waals surface area contributed by atoms with Gasteiger partial charge in [0.25, 0.3) is 0 Å². The van der Waals surface area contributed by atoms with Gasteiger partial charge in [-0.3, -0.25) is 4.98 Å². The van der Waals surface area contributed by atoms with Crippen molar-refractivity contribution in [2.24, 2.45) is 0 Å². The molecule has 0 amide bonds. The third-order valence-electron chi connectivity index (χ3n) is 3.40. The van der Waals surface area contributed by atoms with Gasteiger partial charge in [-0.25, -0.2) is 4.39 Å². The molecule has 1 N–H and O–H groups in total. The highest BCUT2D eigenvalue weighted by molar-refractivity contribution is 6.30. The van der Waals surface area contributed by atoms with Crippen LogP contribution in [0.4, 0.5) is 4.39 Å².